The Morgan fingerprint density at radius 3 is 2.13 bits per heavy atom. The predicted molar refractivity (Wildman–Crippen MR) is 46.3 cm³/mol. The smallest absolute Gasteiger partial charge is 0.321 e. The summed E-state index contributed by atoms with van der Waals surface area (Å²) in [5.41, 5.74) is 0. The fraction of sp³-hybridized carbons (Fsp3) is 0.625. The largest absolute Gasteiger partial charge is 0.481 e. The number of carboxylic acids is 3. The van der Waals surface area contributed by atoms with E-state index < -0.39 is 42.2 Å². The molecule has 0 amide bonds. The van der Waals surface area contributed by atoms with Crippen LogP contribution in [0, 0.1) is 11.8 Å². The number of aliphatic carboxylic acids is 3. The number of nitrogens with one attached hydrogen (secondary N) is 1. The molecule has 0 bridgehead atoms. The van der Waals surface area contributed by atoms with E-state index in [2.05, 4.69) is 5.32 Å². The summed E-state index contributed by atoms with van der Waals surface area (Å²) < 4.78 is 0. The summed E-state index contributed by atoms with van der Waals surface area (Å²) in [6.07, 6.45) is -0.457. The van der Waals surface area contributed by atoms with Crippen LogP contribution in [-0.2, 0) is 14.4 Å². The van der Waals surface area contributed by atoms with Crippen LogP contribution in [0.15, 0.2) is 0 Å². The molecule has 7 nitrogen and oxygen atoms in total. The van der Waals surface area contributed by atoms with Crippen molar-refractivity contribution in [2.45, 2.75) is 12.5 Å². The summed E-state index contributed by atoms with van der Waals surface area (Å²) in [5, 5.41) is 28.6. The molecule has 15 heavy (non-hydrogen) atoms. The van der Waals surface area contributed by atoms with Gasteiger partial charge in [-0.2, -0.15) is 0 Å². The highest BCUT2D eigenvalue weighted by Crippen LogP contribution is 2.26. The molecule has 3 atom stereocenters. The third-order valence-corrected chi connectivity index (χ3v) is 2.50. The van der Waals surface area contributed by atoms with E-state index >= 15 is 0 Å². The van der Waals surface area contributed by atoms with Gasteiger partial charge in [0.1, 0.15) is 6.04 Å². The molecule has 0 radical (unpaired) electrons. The van der Waals surface area contributed by atoms with Crippen molar-refractivity contribution in [1.29, 1.82) is 0 Å². The van der Waals surface area contributed by atoms with Gasteiger partial charge in [-0.3, -0.25) is 14.4 Å². The predicted octanol–water partition coefficient (Wildman–Crippen LogP) is -1.17. The van der Waals surface area contributed by atoms with Gasteiger partial charge >= 0.3 is 17.9 Å². The van der Waals surface area contributed by atoms with Crippen LogP contribution in [0.3, 0.4) is 0 Å². The Morgan fingerprint density at radius 1 is 1.13 bits per heavy atom. The second-order valence-corrected chi connectivity index (χ2v) is 3.43. The first-order valence-electron chi connectivity index (χ1n) is 4.34. The van der Waals surface area contributed by atoms with Gasteiger partial charge in [0.25, 0.3) is 0 Å². The summed E-state index contributed by atoms with van der Waals surface area (Å²) in [5.74, 6) is -5.44. The third-order valence-electron chi connectivity index (χ3n) is 2.50. The molecule has 0 aliphatic carbocycles. The zero-order chi connectivity index (χ0) is 11.6. The average molecular weight is 217 g/mol. The van der Waals surface area contributed by atoms with Gasteiger partial charge in [-0.25, -0.2) is 0 Å². The van der Waals surface area contributed by atoms with Gasteiger partial charge < -0.3 is 20.6 Å². The second kappa shape index (κ2) is 4.26. The summed E-state index contributed by atoms with van der Waals surface area (Å²) in [7, 11) is 0. The van der Waals surface area contributed by atoms with Crippen molar-refractivity contribution >= 4 is 17.9 Å². The number of carboxylic acid groups (broad SMARTS) is 3. The number of rotatable bonds is 4. The highest BCUT2D eigenvalue weighted by Gasteiger charge is 2.44. The van der Waals surface area contributed by atoms with E-state index in [1.807, 2.05) is 0 Å². The van der Waals surface area contributed by atoms with Gasteiger partial charge in [-0.1, -0.05) is 0 Å². The summed E-state index contributed by atoms with van der Waals surface area (Å²) >= 11 is 0. The number of hydrogen-bond acceptors (Lipinski definition) is 4. The first kappa shape index (κ1) is 11.4. The molecule has 1 rings (SSSR count). The van der Waals surface area contributed by atoms with Crippen molar-refractivity contribution in [2.24, 2.45) is 11.8 Å². The normalized spacial score (nSPS) is 30.0. The molecular weight excluding hydrogens is 206 g/mol. The zero-order valence-electron chi connectivity index (χ0n) is 7.71. The minimum Gasteiger partial charge on any atom is -0.481 e. The molecule has 0 spiro atoms. The molecule has 0 aromatic heterocycles. The van der Waals surface area contributed by atoms with Crippen LogP contribution >= 0.6 is 0 Å². The van der Waals surface area contributed by atoms with Crippen molar-refractivity contribution in [3.63, 3.8) is 0 Å². The lowest BCUT2D eigenvalue weighted by Crippen LogP contribution is -2.37. The van der Waals surface area contributed by atoms with Gasteiger partial charge in [0.2, 0.25) is 0 Å². The minimum absolute atomic E-state index is 0.00968. The Balaban J connectivity index is 2.82. The van der Waals surface area contributed by atoms with E-state index in [0.717, 1.165) is 0 Å². The first-order chi connectivity index (χ1) is 6.93. The molecule has 1 aliphatic rings. The van der Waals surface area contributed by atoms with Crippen molar-refractivity contribution in [3.8, 4) is 0 Å². The van der Waals surface area contributed by atoms with Crippen LogP contribution in [-0.4, -0.2) is 45.8 Å². The van der Waals surface area contributed by atoms with Crippen LogP contribution in [0.25, 0.3) is 0 Å². The van der Waals surface area contributed by atoms with E-state index in [1.54, 1.807) is 0 Å². The van der Waals surface area contributed by atoms with Crippen molar-refractivity contribution in [1.82, 2.24) is 5.32 Å². The topological polar surface area (TPSA) is 124 Å². The fourth-order valence-electron chi connectivity index (χ4n) is 1.79. The maximum Gasteiger partial charge on any atom is 0.321 e. The molecule has 1 heterocycles. The van der Waals surface area contributed by atoms with Crippen molar-refractivity contribution < 1.29 is 29.7 Å². The van der Waals surface area contributed by atoms with Crippen LogP contribution in [0.5, 0.6) is 0 Å². The monoisotopic (exact) mass is 217 g/mol. The highest BCUT2D eigenvalue weighted by atomic mass is 16.4. The van der Waals surface area contributed by atoms with Crippen molar-refractivity contribution in [3.05, 3.63) is 0 Å². The average Bonchev–Trinajstić information content (AvgIpc) is 2.46. The van der Waals surface area contributed by atoms with E-state index in [9.17, 15) is 14.4 Å². The molecule has 1 saturated heterocycles. The SMILES string of the molecule is O=C(O)CC1[C@H](C(=O)O)CN[C@H]1C(=O)O. The number of hydrogen-bond donors (Lipinski definition) is 4. The standard InChI is InChI=1S/C8H11NO6/c10-5(11)1-3-4(7(12)13)2-9-6(3)8(14)15/h3-4,6,9H,1-2H2,(H,10,11)(H,12,13)(H,14,15)/t3?,4-,6-/m1/s1. The lowest BCUT2D eigenvalue weighted by molar-refractivity contribution is -0.145. The molecule has 0 aromatic rings. The molecule has 1 unspecified atom stereocenters. The maximum absolute atomic E-state index is 10.7. The Morgan fingerprint density at radius 2 is 1.73 bits per heavy atom. The highest BCUT2D eigenvalue weighted by molar-refractivity contribution is 5.80. The quantitative estimate of drug-likeness (QED) is 0.468. The maximum atomic E-state index is 10.7. The summed E-state index contributed by atoms with van der Waals surface area (Å²) in [6, 6.07) is -1.10. The van der Waals surface area contributed by atoms with Crippen LogP contribution in [0.4, 0.5) is 0 Å². The Bertz CT molecular complexity index is 280. The first-order valence-corrected chi connectivity index (χ1v) is 4.34. The third kappa shape index (κ3) is 2.44. The molecular formula is C8H11NO6. The van der Waals surface area contributed by atoms with Crippen LogP contribution in [0.2, 0.25) is 0 Å². The molecule has 0 saturated carbocycles. The summed E-state index contributed by atoms with van der Waals surface area (Å²) in [4.78, 5) is 31.9. The molecule has 84 valence electrons. The van der Waals surface area contributed by atoms with E-state index in [-0.39, 0.29) is 6.54 Å². The van der Waals surface area contributed by atoms with Gasteiger partial charge in [-0.15, -0.1) is 0 Å². The lowest BCUT2D eigenvalue weighted by Gasteiger charge is -2.16. The Labute approximate surface area is 84.7 Å². The zero-order valence-corrected chi connectivity index (χ0v) is 7.71. The number of carbonyl (C=O) groups is 3. The van der Waals surface area contributed by atoms with Crippen LogP contribution in [0.1, 0.15) is 6.42 Å². The second-order valence-electron chi connectivity index (χ2n) is 3.43. The van der Waals surface area contributed by atoms with Gasteiger partial charge in [-0.05, 0) is 0 Å². The molecule has 4 N–H and O–H groups in total. The Hall–Kier alpha value is -1.63. The van der Waals surface area contributed by atoms with Gasteiger partial charge in [0.05, 0.1) is 12.3 Å². The molecule has 1 fully saturated rings. The van der Waals surface area contributed by atoms with E-state index in [1.165, 1.54) is 0 Å². The summed E-state index contributed by atoms with van der Waals surface area (Å²) in [6.45, 7) is -0.00968. The molecule has 0 aromatic carbocycles. The van der Waals surface area contributed by atoms with E-state index in [0.29, 0.717) is 0 Å². The van der Waals surface area contributed by atoms with Gasteiger partial charge in [0, 0.05) is 12.5 Å². The fourth-order valence-corrected chi connectivity index (χ4v) is 1.79. The van der Waals surface area contributed by atoms with E-state index in [4.69, 9.17) is 15.3 Å². The molecule has 7 heteroatoms. The lowest BCUT2D eigenvalue weighted by atomic mass is 9.88. The minimum atomic E-state index is -1.22. The Kier molecular flexibility index (Phi) is 3.25. The van der Waals surface area contributed by atoms with Gasteiger partial charge in [0.15, 0.2) is 0 Å². The van der Waals surface area contributed by atoms with Crippen LogP contribution < -0.4 is 5.32 Å². The van der Waals surface area contributed by atoms with Crippen molar-refractivity contribution in [2.75, 3.05) is 6.54 Å². The molecule has 1 aliphatic heterocycles.